The van der Waals surface area contributed by atoms with Crippen molar-refractivity contribution >= 4 is 23.3 Å². The van der Waals surface area contributed by atoms with E-state index in [-0.39, 0.29) is 23.6 Å². The molecule has 1 aromatic heterocycles. The van der Waals surface area contributed by atoms with Gasteiger partial charge in [-0.25, -0.2) is 9.78 Å². The Morgan fingerprint density at radius 1 is 1.17 bits per heavy atom. The number of aryl methyl sites for hydroxylation is 1. The second-order valence-corrected chi connectivity index (χ2v) is 7.72. The Hall–Kier alpha value is -3.61. The molecular weight excluding hydrogens is 380 g/mol. The molecule has 1 aliphatic rings. The molecule has 0 fully saturated rings. The van der Waals surface area contributed by atoms with Gasteiger partial charge in [-0.3, -0.25) is 4.79 Å². The maximum Gasteiger partial charge on any atom is 0.335 e. The zero-order valence-electron chi connectivity index (χ0n) is 17.2. The van der Waals surface area contributed by atoms with Crippen LogP contribution in [0.25, 0.3) is 5.69 Å². The number of fused-ring (bicyclic) bond motifs is 1. The minimum absolute atomic E-state index is 0.0132. The first kappa shape index (κ1) is 19.7. The Morgan fingerprint density at radius 2 is 1.90 bits per heavy atom. The summed E-state index contributed by atoms with van der Waals surface area (Å²) in [6.07, 6.45) is 4.47. The smallest absolute Gasteiger partial charge is 0.335 e. The largest absolute Gasteiger partial charge is 0.478 e. The summed E-state index contributed by atoms with van der Waals surface area (Å²) in [5.74, 6) is -0.935. The zero-order chi connectivity index (χ0) is 21.4. The van der Waals surface area contributed by atoms with Gasteiger partial charge in [-0.15, -0.1) is 0 Å². The number of amides is 1. The van der Waals surface area contributed by atoms with Crippen molar-refractivity contribution in [1.29, 1.82) is 0 Å². The number of nitrogens with one attached hydrogen (secondary N) is 1. The number of benzene rings is 2. The van der Waals surface area contributed by atoms with Gasteiger partial charge in [0.05, 0.1) is 23.6 Å². The van der Waals surface area contributed by atoms with Gasteiger partial charge in [-0.05, 0) is 62.7 Å². The van der Waals surface area contributed by atoms with E-state index in [0.29, 0.717) is 0 Å². The molecule has 4 rings (SSSR count). The number of hydrogen-bond donors (Lipinski definition) is 2. The van der Waals surface area contributed by atoms with Gasteiger partial charge in [0, 0.05) is 41.8 Å². The first-order chi connectivity index (χ1) is 14.3. The van der Waals surface area contributed by atoms with Crippen LogP contribution in [-0.4, -0.2) is 32.6 Å². The highest BCUT2D eigenvalue weighted by Gasteiger charge is 2.32. The second kappa shape index (κ2) is 7.67. The molecule has 0 radical (unpaired) electrons. The Labute approximate surface area is 175 Å². The van der Waals surface area contributed by atoms with Gasteiger partial charge in [-0.2, -0.15) is 0 Å². The van der Waals surface area contributed by atoms with Gasteiger partial charge >= 0.3 is 5.97 Å². The molecule has 7 nitrogen and oxygen atoms in total. The summed E-state index contributed by atoms with van der Waals surface area (Å²) in [7, 11) is 0. The van der Waals surface area contributed by atoms with Crippen LogP contribution in [0.4, 0.5) is 11.4 Å². The van der Waals surface area contributed by atoms with Gasteiger partial charge in [0.2, 0.25) is 5.91 Å². The first-order valence-corrected chi connectivity index (χ1v) is 9.88. The fraction of sp³-hybridized carbons (Fsp3) is 0.261. The SMILES string of the molecule is CC(=O)N1c2ccc(-n3cnc(C)c3)cc2C(Nc2ccc(C(=O)O)cc2)CC1C. The number of aromatic nitrogens is 2. The van der Waals surface area contributed by atoms with E-state index in [9.17, 15) is 9.59 Å². The molecule has 154 valence electrons. The van der Waals surface area contributed by atoms with E-state index in [1.54, 1.807) is 37.5 Å². The van der Waals surface area contributed by atoms with E-state index in [1.807, 2.05) is 41.6 Å². The summed E-state index contributed by atoms with van der Waals surface area (Å²) < 4.78 is 1.96. The quantitative estimate of drug-likeness (QED) is 0.681. The number of hydrogen-bond acceptors (Lipinski definition) is 4. The van der Waals surface area contributed by atoms with Crippen LogP contribution in [0.3, 0.4) is 0 Å². The Morgan fingerprint density at radius 3 is 2.50 bits per heavy atom. The van der Waals surface area contributed by atoms with Gasteiger partial charge in [-0.1, -0.05) is 0 Å². The zero-order valence-corrected chi connectivity index (χ0v) is 17.2. The van der Waals surface area contributed by atoms with E-state index in [4.69, 9.17) is 5.11 Å². The second-order valence-electron chi connectivity index (χ2n) is 7.72. The Bertz CT molecular complexity index is 1100. The average molecular weight is 404 g/mol. The van der Waals surface area contributed by atoms with E-state index < -0.39 is 5.97 Å². The molecule has 2 N–H and O–H groups in total. The average Bonchev–Trinajstić information content (AvgIpc) is 3.14. The topological polar surface area (TPSA) is 87.5 Å². The monoisotopic (exact) mass is 404 g/mol. The highest BCUT2D eigenvalue weighted by Crippen LogP contribution is 2.40. The predicted octanol–water partition coefficient (Wildman–Crippen LogP) is 4.18. The molecule has 30 heavy (non-hydrogen) atoms. The molecule has 2 atom stereocenters. The number of aromatic carboxylic acids is 1. The summed E-state index contributed by atoms with van der Waals surface area (Å²) in [5.41, 5.74) is 4.90. The predicted molar refractivity (Wildman–Crippen MR) is 115 cm³/mol. The van der Waals surface area contributed by atoms with Crippen LogP contribution < -0.4 is 10.2 Å². The third-order valence-corrected chi connectivity index (χ3v) is 5.49. The van der Waals surface area contributed by atoms with Crippen molar-refractivity contribution in [2.75, 3.05) is 10.2 Å². The normalized spacial score (nSPS) is 18.0. The number of carboxylic acids is 1. The number of rotatable bonds is 4. The number of carbonyl (C=O) groups is 2. The van der Waals surface area contributed by atoms with Crippen molar-refractivity contribution in [2.45, 2.75) is 39.3 Å². The highest BCUT2D eigenvalue weighted by molar-refractivity contribution is 5.94. The van der Waals surface area contributed by atoms with Gasteiger partial charge in [0.25, 0.3) is 0 Å². The number of carbonyl (C=O) groups excluding carboxylic acids is 1. The molecule has 0 aliphatic carbocycles. The lowest BCUT2D eigenvalue weighted by Gasteiger charge is -2.39. The lowest BCUT2D eigenvalue weighted by molar-refractivity contribution is -0.117. The summed E-state index contributed by atoms with van der Waals surface area (Å²) in [5, 5.41) is 12.6. The molecule has 2 unspecified atom stereocenters. The van der Waals surface area contributed by atoms with Gasteiger partial charge in [0.1, 0.15) is 0 Å². The Balaban J connectivity index is 1.73. The van der Waals surface area contributed by atoms with Gasteiger partial charge in [0.15, 0.2) is 0 Å². The fourth-order valence-electron chi connectivity index (χ4n) is 4.10. The lowest BCUT2D eigenvalue weighted by atomic mass is 9.90. The van der Waals surface area contributed by atoms with E-state index in [0.717, 1.165) is 34.7 Å². The standard InChI is InChI=1S/C23H24N4O3/c1-14-12-26(13-24-14)19-8-9-22-20(11-19)21(10-15(2)27(22)16(3)28)25-18-6-4-17(5-7-18)23(29)30/h4-9,11-13,15,21,25H,10H2,1-3H3,(H,29,30). The summed E-state index contributed by atoms with van der Waals surface area (Å²) >= 11 is 0. The molecule has 0 spiro atoms. The number of anilines is 2. The minimum Gasteiger partial charge on any atom is -0.478 e. The van der Waals surface area contributed by atoms with E-state index in [1.165, 1.54) is 0 Å². The maximum absolute atomic E-state index is 12.3. The van der Waals surface area contributed by atoms with Crippen molar-refractivity contribution in [3.63, 3.8) is 0 Å². The Kier molecular flexibility index (Phi) is 5.03. The summed E-state index contributed by atoms with van der Waals surface area (Å²) in [6, 6.07) is 12.8. The molecule has 1 aliphatic heterocycles. The maximum atomic E-state index is 12.3. The number of carboxylic acid groups (broad SMARTS) is 1. The number of imidazole rings is 1. The molecule has 7 heteroatoms. The van der Waals surface area contributed by atoms with E-state index >= 15 is 0 Å². The lowest BCUT2D eigenvalue weighted by Crippen LogP contribution is -2.43. The third-order valence-electron chi connectivity index (χ3n) is 5.49. The molecule has 3 aromatic rings. The van der Waals surface area contributed by atoms with Crippen LogP contribution >= 0.6 is 0 Å². The first-order valence-electron chi connectivity index (χ1n) is 9.88. The molecular formula is C23H24N4O3. The van der Waals surface area contributed by atoms with Crippen LogP contribution in [0.15, 0.2) is 55.0 Å². The molecule has 0 saturated carbocycles. The third kappa shape index (κ3) is 3.66. The molecule has 2 heterocycles. The van der Waals surface area contributed by atoms with Crippen molar-refractivity contribution in [2.24, 2.45) is 0 Å². The van der Waals surface area contributed by atoms with Crippen molar-refractivity contribution in [3.8, 4) is 5.69 Å². The van der Waals surface area contributed by atoms with Crippen LogP contribution in [-0.2, 0) is 4.79 Å². The molecule has 1 amide bonds. The van der Waals surface area contributed by atoms with Crippen LogP contribution in [0.2, 0.25) is 0 Å². The van der Waals surface area contributed by atoms with Crippen molar-refractivity contribution < 1.29 is 14.7 Å². The summed E-state index contributed by atoms with van der Waals surface area (Å²) in [6.45, 7) is 5.57. The minimum atomic E-state index is -0.949. The van der Waals surface area contributed by atoms with E-state index in [2.05, 4.69) is 16.4 Å². The van der Waals surface area contributed by atoms with Crippen LogP contribution in [0.5, 0.6) is 0 Å². The van der Waals surface area contributed by atoms with Crippen molar-refractivity contribution in [3.05, 3.63) is 71.8 Å². The molecule has 0 saturated heterocycles. The summed E-state index contributed by atoms with van der Waals surface area (Å²) in [4.78, 5) is 29.6. The van der Waals surface area contributed by atoms with Crippen LogP contribution in [0.1, 0.15) is 47.9 Å². The van der Waals surface area contributed by atoms with Crippen LogP contribution in [0, 0.1) is 6.92 Å². The van der Waals surface area contributed by atoms with Gasteiger partial charge < -0.3 is 19.9 Å². The molecule has 0 bridgehead atoms. The number of nitrogens with zero attached hydrogens (tertiary/aromatic N) is 3. The highest BCUT2D eigenvalue weighted by atomic mass is 16.4. The fourth-order valence-corrected chi connectivity index (χ4v) is 4.10. The van der Waals surface area contributed by atoms with Crippen molar-refractivity contribution in [1.82, 2.24) is 9.55 Å². The molecule has 2 aromatic carbocycles.